The van der Waals surface area contributed by atoms with Crippen molar-refractivity contribution in [1.82, 2.24) is 24.7 Å². The Labute approximate surface area is 192 Å². The Morgan fingerprint density at radius 2 is 1.85 bits per heavy atom. The lowest BCUT2D eigenvalue weighted by Crippen LogP contribution is -2.55. The summed E-state index contributed by atoms with van der Waals surface area (Å²) in [5, 5.41) is 13.6. The highest BCUT2D eigenvalue weighted by Crippen LogP contribution is 2.31. The number of hydrogen-bond acceptors (Lipinski definition) is 6. The predicted molar refractivity (Wildman–Crippen MR) is 123 cm³/mol. The number of benzene rings is 1. The highest BCUT2D eigenvalue weighted by atomic mass is 19.1. The Kier molecular flexibility index (Phi) is 6.25. The molecule has 0 spiro atoms. The summed E-state index contributed by atoms with van der Waals surface area (Å²) >= 11 is 0. The summed E-state index contributed by atoms with van der Waals surface area (Å²) in [7, 11) is 0. The number of fused-ring (bicyclic) bond motifs is 1. The largest absolute Gasteiger partial charge is 0.501 e. The number of nitrogens with one attached hydrogen (secondary N) is 1. The number of aromatic nitrogens is 2. The topological polar surface area (TPSA) is 90.7 Å². The Morgan fingerprint density at radius 3 is 2.52 bits per heavy atom. The minimum absolute atomic E-state index is 0.0779. The average Bonchev–Trinajstić information content (AvgIpc) is 3.32. The maximum absolute atomic E-state index is 13.1. The minimum atomic E-state index is -0.702. The Bertz CT molecular complexity index is 1120. The normalized spacial score (nSPS) is 17.6. The lowest BCUT2D eigenvalue weighted by molar-refractivity contribution is -0.133. The van der Waals surface area contributed by atoms with Gasteiger partial charge >= 0.3 is 0 Å². The molecule has 2 aliphatic rings. The van der Waals surface area contributed by atoms with E-state index in [9.17, 15) is 19.1 Å². The summed E-state index contributed by atoms with van der Waals surface area (Å²) in [5.41, 5.74) is -0.0449. The molecular formula is C24H30FN5O3. The first-order valence-electron chi connectivity index (χ1n) is 11.2. The van der Waals surface area contributed by atoms with E-state index in [4.69, 9.17) is 0 Å². The quantitative estimate of drug-likeness (QED) is 0.693. The van der Waals surface area contributed by atoms with Gasteiger partial charge in [0, 0.05) is 32.7 Å². The van der Waals surface area contributed by atoms with Gasteiger partial charge in [-0.1, -0.05) is 18.7 Å². The van der Waals surface area contributed by atoms with Crippen LogP contribution in [0.5, 0.6) is 5.75 Å². The summed E-state index contributed by atoms with van der Waals surface area (Å²) in [4.78, 5) is 34.3. The lowest BCUT2D eigenvalue weighted by Gasteiger charge is -2.43. The Hall–Kier alpha value is -3.20. The molecule has 9 heteroatoms. The Balaban J connectivity index is 1.57. The van der Waals surface area contributed by atoms with Crippen LogP contribution in [-0.4, -0.2) is 56.5 Å². The maximum atomic E-state index is 13.1. The lowest BCUT2D eigenvalue weighted by atomic mass is 9.98. The van der Waals surface area contributed by atoms with Crippen molar-refractivity contribution in [1.29, 1.82) is 0 Å². The molecule has 2 aliphatic heterocycles. The van der Waals surface area contributed by atoms with E-state index in [0.717, 1.165) is 31.5 Å². The standard InChI is InChI=1S/C24H30FN5O3/c1-16(26-14-17-6-8-18(25)9-7-17)20-21(32)22(33)30-13-12-29(24(2,3)23(30)27-20)15-19(31)28-10-4-5-11-28/h6-9,26,32H,1,4-5,10-15H2,2-3H3. The molecule has 0 saturated carbocycles. The van der Waals surface area contributed by atoms with E-state index in [-0.39, 0.29) is 24.0 Å². The fraction of sp³-hybridized carbons (Fsp3) is 0.458. The van der Waals surface area contributed by atoms with Crippen molar-refractivity contribution in [3.05, 3.63) is 64.1 Å². The van der Waals surface area contributed by atoms with Crippen LogP contribution >= 0.6 is 0 Å². The fourth-order valence-electron chi connectivity index (χ4n) is 4.47. The number of nitrogens with zero attached hydrogens (tertiary/aromatic N) is 4. The highest BCUT2D eigenvalue weighted by molar-refractivity contribution is 5.78. The molecule has 8 nitrogen and oxygen atoms in total. The second-order valence-corrected chi connectivity index (χ2v) is 9.12. The highest BCUT2D eigenvalue weighted by Gasteiger charge is 2.39. The van der Waals surface area contributed by atoms with Crippen molar-refractivity contribution in [3.63, 3.8) is 0 Å². The molecule has 0 atom stereocenters. The second-order valence-electron chi connectivity index (χ2n) is 9.12. The molecule has 2 N–H and O–H groups in total. The van der Waals surface area contributed by atoms with Crippen molar-refractivity contribution in [2.45, 2.75) is 45.3 Å². The first-order valence-corrected chi connectivity index (χ1v) is 11.2. The molecular weight excluding hydrogens is 425 g/mol. The van der Waals surface area contributed by atoms with E-state index >= 15 is 0 Å². The van der Waals surface area contributed by atoms with Gasteiger partial charge in [-0.3, -0.25) is 19.1 Å². The van der Waals surface area contributed by atoms with E-state index in [1.807, 2.05) is 23.6 Å². The third kappa shape index (κ3) is 4.50. The third-order valence-electron chi connectivity index (χ3n) is 6.57. The molecule has 1 aromatic heterocycles. The molecule has 3 heterocycles. The first kappa shape index (κ1) is 23.0. The molecule has 1 saturated heterocycles. The van der Waals surface area contributed by atoms with Crippen LogP contribution in [0.3, 0.4) is 0 Å². The van der Waals surface area contributed by atoms with E-state index in [1.54, 1.807) is 12.1 Å². The molecule has 0 radical (unpaired) electrons. The molecule has 1 fully saturated rings. The van der Waals surface area contributed by atoms with Crippen LogP contribution in [0.25, 0.3) is 5.70 Å². The summed E-state index contributed by atoms with van der Waals surface area (Å²) in [6, 6.07) is 6.01. The van der Waals surface area contributed by atoms with Crippen molar-refractivity contribution in [3.8, 4) is 5.75 Å². The van der Waals surface area contributed by atoms with Crippen molar-refractivity contribution < 1.29 is 14.3 Å². The Morgan fingerprint density at radius 1 is 1.18 bits per heavy atom. The van der Waals surface area contributed by atoms with Gasteiger partial charge in [0.1, 0.15) is 17.3 Å². The van der Waals surface area contributed by atoms with Gasteiger partial charge < -0.3 is 15.3 Å². The van der Waals surface area contributed by atoms with Crippen molar-refractivity contribution in [2.24, 2.45) is 0 Å². The number of likely N-dealkylation sites (tertiary alicyclic amines) is 1. The molecule has 4 rings (SSSR count). The summed E-state index contributed by atoms with van der Waals surface area (Å²) in [5.74, 6) is -0.228. The van der Waals surface area contributed by atoms with Crippen LogP contribution in [0, 0.1) is 5.82 Å². The van der Waals surface area contributed by atoms with Gasteiger partial charge in [0.2, 0.25) is 11.7 Å². The smallest absolute Gasteiger partial charge is 0.296 e. The van der Waals surface area contributed by atoms with Crippen molar-refractivity contribution in [2.75, 3.05) is 26.2 Å². The fourth-order valence-corrected chi connectivity index (χ4v) is 4.47. The zero-order chi connectivity index (χ0) is 23.8. The summed E-state index contributed by atoms with van der Waals surface area (Å²) in [6.07, 6.45) is 2.06. The average molecular weight is 456 g/mol. The van der Waals surface area contributed by atoms with Gasteiger partial charge in [-0.15, -0.1) is 0 Å². The third-order valence-corrected chi connectivity index (χ3v) is 6.57. The van der Waals surface area contributed by atoms with Crippen LogP contribution in [0.1, 0.15) is 43.8 Å². The molecule has 0 unspecified atom stereocenters. The van der Waals surface area contributed by atoms with Gasteiger partial charge in [-0.05, 0) is 44.4 Å². The number of carbonyl (C=O) groups is 1. The van der Waals surface area contributed by atoms with Gasteiger partial charge in [0.05, 0.1) is 17.8 Å². The number of hydrogen-bond donors (Lipinski definition) is 2. The predicted octanol–water partition coefficient (Wildman–Crippen LogP) is 2.02. The van der Waals surface area contributed by atoms with Crippen LogP contribution in [0.2, 0.25) is 0 Å². The van der Waals surface area contributed by atoms with Gasteiger partial charge in [0.25, 0.3) is 5.56 Å². The zero-order valence-electron chi connectivity index (χ0n) is 19.1. The zero-order valence-corrected chi connectivity index (χ0v) is 19.1. The summed E-state index contributed by atoms with van der Waals surface area (Å²) < 4.78 is 14.6. The van der Waals surface area contributed by atoms with Gasteiger partial charge in [-0.25, -0.2) is 9.37 Å². The van der Waals surface area contributed by atoms with Crippen LogP contribution in [0.4, 0.5) is 4.39 Å². The second kappa shape index (κ2) is 8.97. The molecule has 0 bridgehead atoms. The number of carbonyl (C=O) groups excluding carboxylic acids is 1. The van der Waals surface area contributed by atoms with E-state index in [0.29, 0.717) is 31.2 Å². The number of halogens is 1. The van der Waals surface area contributed by atoms with Gasteiger partial charge in [-0.2, -0.15) is 0 Å². The molecule has 33 heavy (non-hydrogen) atoms. The molecule has 0 aliphatic carbocycles. The van der Waals surface area contributed by atoms with Crippen molar-refractivity contribution >= 4 is 11.6 Å². The number of amides is 1. The minimum Gasteiger partial charge on any atom is -0.501 e. The molecule has 176 valence electrons. The number of aromatic hydroxyl groups is 1. The SMILES string of the molecule is C=C(NCc1ccc(F)cc1)c1nc2n(c(=O)c1O)CCN(CC(=O)N1CCCC1)C2(C)C. The van der Waals surface area contributed by atoms with Crippen LogP contribution in [-0.2, 0) is 23.4 Å². The van der Waals surface area contributed by atoms with E-state index in [2.05, 4.69) is 16.9 Å². The monoisotopic (exact) mass is 455 g/mol. The molecule has 1 aromatic carbocycles. The van der Waals surface area contributed by atoms with E-state index in [1.165, 1.54) is 16.7 Å². The molecule has 1 amide bonds. The maximum Gasteiger partial charge on any atom is 0.296 e. The molecule has 2 aromatic rings. The first-order chi connectivity index (χ1) is 15.7. The van der Waals surface area contributed by atoms with Crippen LogP contribution in [0.15, 0.2) is 35.6 Å². The van der Waals surface area contributed by atoms with E-state index < -0.39 is 16.8 Å². The number of rotatable bonds is 6. The summed E-state index contributed by atoms with van der Waals surface area (Å²) in [6.45, 7) is 10.8. The van der Waals surface area contributed by atoms with Gasteiger partial charge in [0.15, 0.2) is 0 Å². The van der Waals surface area contributed by atoms with Crippen LogP contribution < -0.4 is 10.9 Å².